The fourth-order valence-electron chi connectivity index (χ4n) is 2.55. The third-order valence-corrected chi connectivity index (χ3v) is 3.85. The lowest BCUT2D eigenvalue weighted by Gasteiger charge is -2.27. The Kier molecular flexibility index (Phi) is 3.43. The Morgan fingerprint density at radius 3 is 2.26 bits per heavy atom. The highest BCUT2D eigenvalue weighted by molar-refractivity contribution is 5.95. The molecule has 104 valence electrons. The average molecular weight is 263 g/mol. The van der Waals surface area contributed by atoms with E-state index in [1.165, 1.54) is 18.2 Å². The van der Waals surface area contributed by atoms with Crippen molar-refractivity contribution in [3.63, 3.8) is 0 Å². The number of nitrogens with zero attached hydrogens (tertiary/aromatic N) is 1. The number of amides is 1. The van der Waals surface area contributed by atoms with Crippen molar-refractivity contribution in [3.8, 4) is 11.5 Å². The Morgan fingerprint density at radius 2 is 1.79 bits per heavy atom. The summed E-state index contributed by atoms with van der Waals surface area (Å²) in [5, 5.41) is 18.9. The van der Waals surface area contributed by atoms with Crippen molar-refractivity contribution in [2.75, 3.05) is 13.1 Å². The molecule has 0 aromatic heterocycles. The van der Waals surface area contributed by atoms with Gasteiger partial charge in [0.2, 0.25) is 0 Å². The maximum absolute atomic E-state index is 12.3. The number of benzene rings is 1. The molecular formula is C15H21NO3. The lowest BCUT2D eigenvalue weighted by Crippen LogP contribution is -2.31. The fourth-order valence-corrected chi connectivity index (χ4v) is 2.55. The number of phenolic OH excluding ortho intramolecular Hbond substituents is 2. The largest absolute Gasteiger partial charge is 0.508 e. The Balaban J connectivity index is 2.13. The first-order valence-corrected chi connectivity index (χ1v) is 6.59. The third kappa shape index (κ3) is 3.00. The molecule has 1 fully saturated rings. The zero-order valence-electron chi connectivity index (χ0n) is 11.7. The first-order chi connectivity index (χ1) is 8.77. The molecule has 2 rings (SSSR count). The van der Waals surface area contributed by atoms with E-state index in [4.69, 9.17) is 0 Å². The van der Waals surface area contributed by atoms with Crippen LogP contribution in [0.15, 0.2) is 18.2 Å². The van der Waals surface area contributed by atoms with Crippen LogP contribution in [0.25, 0.3) is 0 Å². The first-order valence-electron chi connectivity index (χ1n) is 6.59. The van der Waals surface area contributed by atoms with Gasteiger partial charge in [-0.3, -0.25) is 4.79 Å². The fraction of sp³-hybridized carbons (Fsp3) is 0.533. The number of likely N-dealkylation sites (tertiary alicyclic amines) is 1. The van der Waals surface area contributed by atoms with Gasteiger partial charge in [0.25, 0.3) is 5.91 Å². The molecule has 4 heteroatoms. The maximum Gasteiger partial charge on any atom is 0.254 e. The Labute approximate surface area is 113 Å². The van der Waals surface area contributed by atoms with Crippen LogP contribution in [0.5, 0.6) is 11.5 Å². The molecule has 1 heterocycles. The molecule has 0 saturated carbocycles. The van der Waals surface area contributed by atoms with E-state index in [1.54, 1.807) is 4.90 Å². The van der Waals surface area contributed by atoms with Gasteiger partial charge in [-0.2, -0.15) is 0 Å². The lowest BCUT2D eigenvalue weighted by molar-refractivity contribution is 0.0775. The number of aromatic hydroxyl groups is 2. The summed E-state index contributed by atoms with van der Waals surface area (Å²) in [4.78, 5) is 14.1. The van der Waals surface area contributed by atoms with Gasteiger partial charge in [0, 0.05) is 24.7 Å². The van der Waals surface area contributed by atoms with Crippen LogP contribution >= 0.6 is 0 Å². The van der Waals surface area contributed by atoms with Crippen LogP contribution in [0.3, 0.4) is 0 Å². The van der Waals surface area contributed by atoms with Crippen molar-refractivity contribution in [2.24, 2.45) is 11.3 Å². The van der Waals surface area contributed by atoms with Crippen LogP contribution in [-0.2, 0) is 0 Å². The summed E-state index contributed by atoms with van der Waals surface area (Å²) >= 11 is 0. The van der Waals surface area contributed by atoms with Crippen molar-refractivity contribution in [1.29, 1.82) is 0 Å². The van der Waals surface area contributed by atoms with Crippen LogP contribution in [-0.4, -0.2) is 34.1 Å². The normalized spacial score (nSPS) is 19.7. The van der Waals surface area contributed by atoms with Crippen LogP contribution in [0, 0.1) is 11.3 Å². The first kappa shape index (κ1) is 13.7. The molecule has 0 aliphatic carbocycles. The van der Waals surface area contributed by atoms with Gasteiger partial charge >= 0.3 is 0 Å². The maximum atomic E-state index is 12.3. The number of phenols is 2. The molecule has 1 aromatic rings. The molecule has 1 aromatic carbocycles. The Bertz CT molecular complexity index is 470. The summed E-state index contributed by atoms with van der Waals surface area (Å²) in [5.74, 6) is 0.185. The molecule has 1 amide bonds. The topological polar surface area (TPSA) is 60.8 Å². The molecule has 1 aliphatic heterocycles. The summed E-state index contributed by atoms with van der Waals surface area (Å²) in [7, 11) is 0. The second-order valence-electron chi connectivity index (χ2n) is 6.34. The van der Waals surface area contributed by atoms with Crippen LogP contribution in [0.4, 0.5) is 0 Å². The molecule has 1 saturated heterocycles. The predicted molar refractivity (Wildman–Crippen MR) is 73.2 cm³/mol. The van der Waals surface area contributed by atoms with E-state index < -0.39 is 0 Å². The minimum absolute atomic E-state index is 0.0880. The molecule has 0 spiro atoms. The van der Waals surface area contributed by atoms with Gasteiger partial charge in [-0.05, 0) is 29.9 Å². The van der Waals surface area contributed by atoms with E-state index in [1.807, 2.05) is 0 Å². The number of rotatable bonds is 1. The second kappa shape index (κ2) is 4.76. The van der Waals surface area contributed by atoms with Crippen LogP contribution in [0.1, 0.15) is 37.6 Å². The van der Waals surface area contributed by atoms with E-state index in [9.17, 15) is 15.0 Å². The zero-order chi connectivity index (χ0) is 14.2. The molecule has 4 nitrogen and oxygen atoms in total. The number of hydrogen-bond donors (Lipinski definition) is 2. The SMILES string of the molecule is CC(C)(C)C1CCN(C(=O)c2cc(O)cc(O)c2)C1. The molecule has 1 unspecified atom stereocenters. The summed E-state index contributed by atoms with van der Waals surface area (Å²) in [6.45, 7) is 8.03. The average Bonchev–Trinajstić information content (AvgIpc) is 2.75. The van der Waals surface area contributed by atoms with E-state index in [-0.39, 0.29) is 22.8 Å². The van der Waals surface area contributed by atoms with Gasteiger partial charge in [-0.25, -0.2) is 0 Å². The minimum atomic E-state index is -0.127. The predicted octanol–water partition coefficient (Wildman–Crippen LogP) is 2.61. The van der Waals surface area contributed by atoms with Crippen LogP contribution < -0.4 is 0 Å². The third-order valence-electron chi connectivity index (χ3n) is 3.85. The van der Waals surface area contributed by atoms with E-state index >= 15 is 0 Å². The highest BCUT2D eigenvalue weighted by atomic mass is 16.3. The smallest absolute Gasteiger partial charge is 0.254 e. The second-order valence-corrected chi connectivity index (χ2v) is 6.34. The molecule has 1 atom stereocenters. The highest BCUT2D eigenvalue weighted by Gasteiger charge is 2.34. The molecular weight excluding hydrogens is 242 g/mol. The van der Waals surface area contributed by atoms with E-state index in [0.717, 1.165) is 19.5 Å². The van der Waals surface area contributed by atoms with Gasteiger partial charge in [0.15, 0.2) is 0 Å². The van der Waals surface area contributed by atoms with Crippen LogP contribution in [0.2, 0.25) is 0 Å². The standard InChI is InChI=1S/C15H21NO3/c1-15(2,3)11-4-5-16(9-11)14(19)10-6-12(17)8-13(18)7-10/h6-8,11,17-18H,4-5,9H2,1-3H3. The Morgan fingerprint density at radius 1 is 1.21 bits per heavy atom. The molecule has 1 aliphatic rings. The summed E-state index contributed by atoms with van der Waals surface area (Å²) < 4.78 is 0. The molecule has 0 bridgehead atoms. The highest BCUT2D eigenvalue weighted by Crippen LogP contribution is 2.34. The van der Waals surface area contributed by atoms with Gasteiger partial charge in [0.1, 0.15) is 11.5 Å². The summed E-state index contributed by atoms with van der Waals surface area (Å²) in [5.41, 5.74) is 0.530. The van der Waals surface area contributed by atoms with Gasteiger partial charge < -0.3 is 15.1 Å². The van der Waals surface area contributed by atoms with Crippen molar-refractivity contribution in [3.05, 3.63) is 23.8 Å². The van der Waals surface area contributed by atoms with Gasteiger partial charge in [-0.15, -0.1) is 0 Å². The van der Waals surface area contributed by atoms with Crippen molar-refractivity contribution in [1.82, 2.24) is 4.90 Å². The Hall–Kier alpha value is -1.71. The van der Waals surface area contributed by atoms with Gasteiger partial charge in [0.05, 0.1) is 0 Å². The van der Waals surface area contributed by atoms with Gasteiger partial charge in [-0.1, -0.05) is 20.8 Å². The number of hydrogen-bond acceptors (Lipinski definition) is 3. The number of carbonyl (C=O) groups is 1. The monoisotopic (exact) mass is 263 g/mol. The molecule has 0 radical (unpaired) electrons. The number of carbonyl (C=O) groups excluding carboxylic acids is 1. The van der Waals surface area contributed by atoms with E-state index in [2.05, 4.69) is 20.8 Å². The zero-order valence-corrected chi connectivity index (χ0v) is 11.7. The van der Waals surface area contributed by atoms with Crippen molar-refractivity contribution >= 4 is 5.91 Å². The lowest BCUT2D eigenvalue weighted by atomic mass is 9.80. The minimum Gasteiger partial charge on any atom is -0.508 e. The summed E-state index contributed by atoms with van der Waals surface area (Å²) in [6.07, 6.45) is 1.00. The van der Waals surface area contributed by atoms with Crippen molar-refractivity contribution in [2.45, 2.75) is 27.2 Å². The van der Waals surface area contributed by atoms with E-state index in [0.29, 0.717) is 11.5 Å². The molecule has 19 heavy (non-hydrogen) atoms. The van der Waals surface area contributed by atoms with Crippen molar-refractivity contribution < 1.29 is 15.0 Å². The summed E-state index contributed by atoms with van der Waals surface area (Å²) in [6, 6.07) is 4.01. The molecule has 2 N–H and O–H groups in total. The quantitative estimate of drug-likeness (QED) is 0.818.